The number of aromatic nitrogens is 4. The number of thiazole rings is 2. The minimum absolute atomic E-state index is 0.983. The first-order valence-corrected chi connectivity index (χ1v) is 17.1. The highest BCUT2D eigenvalue weighted by Crippen LogP contribution is 2.36. The highest BCUT2D eigenvalue weighted by Gasteiger charge is 2.37. The average molecular weight is 691 g/mol. The minimum Gasteiger partial charge on any atom is -0.741 e. The molecule has 7 rings (SSSR count). The smallest absolute Gasteiger partial charge is 0.485 e. The van der Waals surface area contributed by atoms with Crippen LogP contribution in [0.1, 0.15) is 27.0 Å². The molecule has 0 bridgehead atoms. The molecule has 4 aromatic heterocycles. The highest BCUT2D eigenvalue weighted by atomic mass is 32.2. The van der Waals surface area contributed by atoms with Crippen molar-refractivity contribution in [3.8, 4) is 0 Å². The van der Waals surface area contributed by atoms with E-state index in [1.54, 1.807) is 22.7 Å². The molecule has 0 saturated carbocycles. The molecule has 0 fully saturated rings. The SMILES string of the molecule is Cn1c(C=C(c2nc3ccccc3s2)c2nc3ccccc3s2)ccc1/C=C/c1cc[n+](C)c2ccccc12.O=S(=O)([O-])C(F)(F)F. The third-order valence-corrected chi connectivity index (χ3v) is 10.0. The Balaban J connectivity index is 0.000000431. The molecule has 0 saturated heterocycles. The predicted octanol–water partition coefficient (Wildman–Crippen LogP) is 8.03. The van der Waals surface area contributed by atoms with Crippen LogP contribution >= 0.6 is 22.7 Å². The summed E-state index contributed by atoms with van der Waals surface area (Å²) in [5.41, 5.74) is 2.09. The highest BCUT2D eigenvalue weighted by molar-refractivity contribution is 7.86. The van der Waals surface area contributed by atoms with Gasteiger partial charge >= 0.3 is 5.51 Å². The number of rotatable bonds is 5. The number of aryl methyl sites for hydroxylation is 1. The Morgan fingerprint density at radius 1 is 0.809 bits per heavy atom. The molecule has 0 aliphatic carbocycles. The van der Waals surface area contributed by atoms with Gasteiger partial charge < -0.3 is 9.12 Å². The van der Waals surface area contributed by atoms with Crippen molar-refractivity contribution in [2.75, 3.05) is 0 Å². The quantitative estimate of drug-likeness (QED) is 0.104. The van der Waals surface area contributed by atoms with Crippen LogP contribution in [-0.4, -0.2) is 33.0 Å². The molecule has 0 unspecified atom stereocenters. The maximum Gasteiger partial charge on any atom is 0.485 e. The van der Waals surface area contributed by atoms with E-state index in [1.165, 1.54) is 25.9 Å². The second kappa shape index (κ2) is 12.8. The van der Waals surface area contributed by atoms with Gasteiger partial charge in [-0.25, -0.2) is 23.0 Å². The normalized spacial score (nSPS) is 12.1. The van der Waals surface area contributed by atoms with Gasteiger partial charge in [-0.2, -0.15) is 13.2 Å². The minimum atomic E-state index is -6.09. The van der Waals surface area contributed by atoms with Crippen molar-refractivity contribution in [1.82, 2.24) is 14.5 Å². The van der Waals surface area contributed by atoms with Crippen LogP contribution in [0.25, 0.3) is 55.1 Å². The van der Waals surface area contributed by atoms with Crippen LogP contribution in [-0.2, 0) is 24.2 Å². The number of hydrogen-bond donors (Lipinski definition) is 0. The Labute approximate surface area is 276 Å². The van der Waals surface area contributed by atoms with Crippen LogP contribution in [0.4, 0.5) is 13.2 Å². The molecule has 0 spiro atoms. The molecule has 238 valence electrons. The van der Waals surface area contributed by atoms with Gasteiger partial charge in [0.25, 0.3) is 0 Å². The summed E-state index contributed by atoms with van der Waals surface area (Å²) in [6, 6.07) is 31.6. The van der Waals surface area contributed by atoms with E-state index < -0.39 is 15.6 Å². The predicted molar refractivity (Wildman–Crippen MR) is 181 cm³/mol. The van der Waals surface area contributed by atoms with Crippen molar-refractivity contribution < 1.29 is 30.7 Å². The van der Waals surface area contributed by atoms with Crippen LogP contribution in [0.5, 0.6) is 0 Å². The molecule has 4 heterocycles. The Morgan fingerprint density at radius 3 is 1.91 bits per heavy atom. The molecule has 7 aromatic rings. The van der Waals surface area contributed by atoms with Crippen LogP contribution in [0, 0.1) is 0 Å². The van der Waals surface area contributed by atoms with Gasteiger partial charge in [0.05, 0.1) is 25.8 Å². The van der Waals surface area contributed by atoms with Gasteiger partial charge in [0.2, 0.25) is 5.52 Å². The first kappa shape index (κ1) is 32.3. The average Bonchev–Trinajstić information content (AvgIpc) is 3.75. The monoisotopic (exact) mass is 690 g/mol. The third kappa shape index (κ3) is 6.88. The van der Waals surface area contributed by atoms with Gasteiger partial charge in [-0.3, -0.25) is 0 Å². The van der Waals surface area contributed by atoms with Crippen LogP contribution < -0.4 is 4.57 Å². The summed E-state index contributed by atoms with van der Waals surface area (Å²) in [6.45, 7) is 0. The van der Waals surface area contributed by atoms with Crippen molar-refractivity contribution in [2.24, 2.45) is 14.1 Å². The number of nitrogens with zero attached hydrogens (tertiary/aromatic N) is 4. The lowest BCUT2D eigenvalue weighted by molar-refractivity contribution is -0.644. The number of alkyl halides is 3. The molecule has 0 amide bonds. The van der Waals surface area contributed by atoms with E-state index in [-0.39, 0.29) is 0 Å². The largest absolute Gasteiger partial charge is 0.741 e. The summed E-state index contributed by atoms with van der Waals surface area (Å²) in [7, 11) is -1.89. The summed E-state index contributed by atoms with van der Waals surface area (Å²) < 4.78 is 65.6. The summed E-state index contributed by atoms with van der Waals surface area (Å²) >= 11 is 3.43. The number of fused-ring (bicyclic) bond motifs is 3. The van der Waals surface area contributed by atoms with E-state index in [0.717, 1.165) is 38.0 Å². The lowest BCUT2D eigenvalue weighted by Crippen LogP contribution is -2.28. The second-order valence-electron chi connectivity index (χ2n) is 10.4. The molecule has 47 heavy (non-hydrogen) atoms. The van der Waals surface area contributed by atoms with Crippen molar-refractivity contribution in [3.05, 3.63) is 124 Å². The number of pyridine rings is 1. The van der Waals surface area contributed by atoms with E-state index in [4.69, 9.17) is 22.9 Å². The van der Waals surface area contributed by atoms with Gasteiger partial charge in [0.15, 0.2) is 16.3 Å². The van der Waals surface area contributed by atoms with Crippen molar-refractivity contribution in [2.45, 2.75) is 5.51 Å². The number of hydrogen-bond acceptors (Lipinski definition) is 7. The maximum absolute atomic E-state index is 10.7. The zero-order valence-corrected chi connectivity index (χ0v) is 27.3. The molecule has 7 nitrogen and oxygen atoms in total. The number of para-hydroxylation sites is 3. The van der Waals surface area contributed by atoms with Gasteiger partial charge in [-0.15, -0.1) is 22.7 Å². The van der Waals surface area contributed by atoms with Crippen molar-refractivity contribution in [1.29, 1.82) is 0 Å². The zero-order chi connectivity index (χ0) is 33.3. The van der Waals surface area contributed by atoms with E-state index in [2.05, 4.69) is 127 Å². The molecule has 13 heteroatoms. The van der Waals surface area contributed by atoms with E-state index in [0.29, 0.717) is 0 Å². The fraction of sp³-hybridized carbons (Fsp3) is 0.0882. The molecular formula is C34H25F3N4O3S3. The summed E-state index contributed by atoms with van der Waals surface area (Å²) in [5.74, 6) is 0. The van der Waals surface area contributed by atoms with E-state index >= 15 is 0 Å². The van der Waals surface area contributed by atoms with Gasteiger partial charge in [0.1, 0.15) is 17.1 Å². The van der Waals surface area contributed by atoms with Crippen molar-refractivity contribution >= 4 is 87.9 Å². The second-order valence-corrected chi connectivity index (χ2v) is 13.8. The topological polar surface area (TPSA) is 91.8 Å². The Hall–Kier alpha value is -4.69. The molecular weight excluding hydrogens is 666 g/mol. The maximum atomic E-state index is 10.7. The number of halogens is 3. The van der Waals surface area contributed by atoms with Crippen LogP contribution in [0.2, 0.25) is 0 Å². The lowest BCUT2D eigenvalue weighted by atomic mass is 10.1. The molecule has 0 aliphatic rings. The first-order chi connectivity index (χ1) is 22.4. The molecule has 3 aromatic carbocycles. The van der Waals surface area contributed by atoms with Gasteiger partial charge in [0, 0.05) is 36.1 Å². The molecule has 0 radical (unpaired) electrons. The van der Waals surface area contributed by atoms with Crippen LogP contribution in [0.15, 0.2) is 97.2 Å². The molecule has 0 N–H and O–H groups in total. The standard InChI is InChI=1S/C33H25N4S2.CHF3O3S/c1-36-20-19-22(25-9-3-6-12-29(25)36)15-16-23-17-18-24(37(23)2)21-26(32-34-27-10-4-7-13-30(27)38-32)33-35-28-11-5-8-14-31(28)39-33;2-1(3,4)8(5,6)7/h3-21H,1-2H3;(H,5,6,7)/q+1;/p-1. The Morgan fingerprint density at radius 2 is 1.34 bits per heavy atom. The fourth-order valence-electron chi connectivity index (χ4n) is 4.90. The number of benzene rings is 3. The summed E-state index contributed by atoms with van der Waals surface area (Å²) in [6.07, 6.45) is 8.73. The summed E-state index contributed by atoms with van der Waals surface area (Å²) in [4.78, 5) is 9.99. The zero-order valence-electron chi connectivity index (χ0n) is 24.8. The van der Waals surface area contributed by atoms with E-state index in [1.807, 2.05) is 12.1 Å². The van der Waals surface area contributed by atoms with E-state index in [9.17, 15) is 13.2 Å². The lowest BCUT2D eigenvalue weighted by Gasteiger charge is -2.08. The van der Waals surface area contributed by atoms with Gasteiger partial charge in [-0.05, 0) is 60.2 Å². The Kier molecular flexibility index (Phi) is 8.81. The fourth-order valence-corrected chi connectivity index (χ4v) is 6.93. The first-order valence-electron chi connectivity index (χ1n) is 14.1. The third-order valence-electron chi connectivity index (χ3n) is 7.33. The van der Waals surface area contributed by atoms with Crippen LogP contribution in [0.3, 0.4) is 0 Å². The Bertz CT molecular complexity index is 2280. The van der Waals surface area contributed by atoms with Crippen molar-refractivity contribution in [3.63, 3.8) is 0 Å². The molecule has 0 aliphatic heterocycles. The molecule has 0 atom stereocenters. The van der Waals surface area contributed by atoms with Gasteiger partial charge in [-0.1, -0.05) is 42.5 Å². The summed E-state index contributed by atoms with van der Waals surface area (Å²) in [5, 5.41) is 3.20.